The number of anilines is 2. The number of aromatic nitrogens is 2. The van der Waals surface area contributed by atoms with Crippen molar-refractivity contribution in [2.75, 3.05) is 24.4 Å². The molecule has 0 spiro atoms. The van der Waals surface area contributed by atoms with Crippen LogP contribution in [0.25, 0.3) is 22.0 Å². The zero-order chi connectivity index (χ0) is 18.2. The number of thioether (sulfide) groups is 1. The van der Waals surface area contributed by atoms with Crippen LogP contribution in [-0.4, -0.2) is 23.3 Å². The number of nitrogens with two attached hydrogens (primary N) is 1. The molecular weight excluding hydrogens is 349 g/mol. The molecule has 0 aliphatic heterocycles. The van der Waals surface area contributed by atoms with Gasteiger partial charge in [-0.05, 0) is 36.1 Å². The third kappa shape index (κ3) is 3.21. The number of hydrogen-bond acceptors (Lipinski definition) is 5. The first-order valence-corrected chi connectivity index (χ1v) is 8.57. The van der Waals surface area contributed by atoms with Gasteiger partial charge < -0.3 is 11.1 Å². The molecule has 3 aromatic rings. The topological polar surface area (TPSA) is 63.8 Å². The molecule has 25 heavy (non-hydrogen) atoms. The Balaban J connectivity index is 2.30. The van der Waals surface area contributed by atoms with E-state index in [2.05, 4.69) is 15.3 Å². The Morgan fingerprint density at radius 3 is 2.52 bits per heavy atom. The number of alkyl halides is 3. The molecule has 0 fully saturated rings. The van der Waals surface area contributed by atoms with Crippen molar-refractivity contribution < 1.29 is 13.2 Å². The van der Waals surface area contributed by atoms with E-state index in [0.29, 0.717) is 27.2 Å². The van der Waals surface area contributed by atoms with Crippen LogP contribution in [0.2, 0.25) is 0 Å². The number of nitrogen functional groups attached to an aromatic ring is 1. The van der Waals surface area contributed by atoms with Gasteiger partial charge in [0.25, 0.3) is 0 Å². The molecule has 0 aliphatic carbocycles. The summed E-state index contributed by atoms with van der Waals surface area (Å²) < 4.78 is 40.4. The van der Waals surface area contributed by atoms with Gasteiger partial charge in [-0.2, -0.15) is 18.2 Å². The second-order valence-electron chi connectivity index (χ2n) is 5.29. The molecule has 8 heteroatoms. The smallest absolute Gasteiger partial charge is 0.372 e. The monoisotopic (exact) mass is 364 g/mol. The molecular formula is C17H15F3N4S. The zero-order valence-corrected chi connectivity index (χ0v) is 14.3. The van der Waals surface area contributed by atoms with E-state index in [1.165, 1.54) is 17.8 Å². The standard InChI is InChI=1S/C17H15F3N4S/c1-22-15-10-7-6-9(8-12(10)23-16(21)24-15)14-11(17(18,19)20)4-3-5-13(14)25-2/h3-8H,1-2H3,(H3,21,22,23,24). The van der Waals surface area contributed by atoms with Gasteiger partial charge in [0.1, 0.15) is 5.82 Å². The largest absolute Gasteiger partial charge is 0.417 e. The molecule has 0 amide bonds. The molecule has 2 aromatic carbocycles. The van der Waals surface area contributed by atoms with Crippen molar-refractivity contribution >= 4 is 34.4 Å². The van der Waals surface area contributed by atoms with Crippen molar-refractivity contribution in [1.29, 1.82) is 0 Å². The van der Waals surface area contributed by atoms with Crippen molar-refractivity contribution in [3.63, 3.8) is 0 Å². The first kappa shape index (κ1) is 17.3. The van der Waals surface area contributed by atoms with Crippen LogP contribution in [0.15, 0.2) is 41.3 Å². The maximum absolute atomic E-state index is 13.5. The van der Waals surface area contributed by atoms with Crippen LogP contribution in [-0.2, 0) is 6.18 Å². The molecule has 0 aliphatic rings. The van der Waals surface area contributed by atoms with Gasteiger partial charge in [0.05, 0.1) is 11.1 Å². The summed E-state index contributed by atoms with van der Waals surface area (Å²) in [6.45, 7) is 0. The minimum atomic E-state index is -4.45. The second kappa shape index (κ2) is 6.44. The highest BCUT2D eigenvalue weighted by Gasteiger charge is 2.34. The molecule has 0 atom stereocenters. The van der Waals surface area contributed by atoms with Gasteiger partial charge in [-0.15, -0.1) is 11.8 Å². The van der Waals surface area contributed by atoms with Gasteiger partial charge in [0.2, 0.25) is 5.95 Å². The number of fused-ring (bicyclic) bond motifs is 1. The summed E-state index contributed by atoms with van der Waals surface area (Å²) in [5.41, 5.74) is 6.09. The summed E-state index contributed by atoms with van der Waals surface area (Å²) in [6, 6.07) is 9.14. The lowest BCUT2D eigenvalue weighted by molar-refractivity contribution is -0.137. The Bertz CT molecular complexity index is 941. The van der Waals surface area contributed by atoms with E-state index in [0.717, 1.165) is 6.07 Å². The number of nitrogens with one attached hydrogen (secondary N) is 1. The Morgan fingerprint density at radius 2 is 1.88 bits per heavy atom. The van der Waals surface area contributed by atoms with Crippen molar-refractivity contribution in [3.05, 3.63) is 42.0 Å². The molecule has 0 unspecified atom stereocenters. The van der Waals surface area contributed by atoms with Crippen LogP contribution in [0.1, 0.15) is 5.56 Å². The van der Waals surface area contributed by atoms with Crippen LogP contribution in [0.3, 0.4) is 0 Å². The van der Waals surface area contributed by atoms with Crippen molar-refractivity contribution in [2.24, 2.45) is 0 Å². The van der Waals surface area contributed by atoms with Crippen LogP contribution in [0, 0.1) is 0 Å². The summed E-state index contributed by atoms with van der Waals surface area (Å²) in [4.78, 5) is 8.79. The Hall–Kier alpha value is -2.48. The zero-order valence-electron chi connectivity index (χ0n) is 13.5. The molecule has 0 radical (unpaired) electrons. The van der Waals surface area contributed by atoms with Crippen LogP contribution < -0.4 is 11.1 Å². The SMILES string of the molecule is CNc1nc(N)nc2cc(-c3c(SC)cccc3C(F)(F)F)ccc12. The minimum Gasteiger partial charge on any atom is -0.372 e. The number of benzene rings is 2. The Labute approximate surface area is 146 Å². The summed E-state index contributed by atoms with van der Waals surface area (Å²) in [5, 5.41) is 3.60. The molecule has 1 heterocycles. The van der Waals surface area contributed by atoms with Gasteiger partial charge in [0.15, 0.2) is 0 Å². The number of hydrogen-bond donors (Lipinski definition) is 2. The molecule has 0 saturated heterocycles. The van der Waals surface area contributed by atoms with Gasteiger partial charge in [-0.25, -0.2) is 4.98 Å². The lowest BCUT2D eigenvalue weighted by Gasteiger charge is -2.17. The van der Waals surface area contributed by atoms with Crippen LogP contribution in [0.5, 0.6) is 0 Å². The first-order chi connectivity index (χ1) is 11.8. The maximum atomic E-state index is 13.5. The van der Waals surface area contributed by atoms with E-state index in [1.807, 2.05) is 0 Å². The minimum absolute atomic E-state index is 0.0585. The first-order valence-electron chi connectivity index (χ1n) is 7.34. The second-order valence-corrected chi connectivity index (χ2v) is 6.14. The van der Waals surface area contributed by atoms with E-state index in [-0.39, 0.29) is 11.5 Å². The Kier molecular flexibility index (Phi) is 4.47. The summed E-state index contributed by atoms with van der Waals surface area (Å²) >= 11 is 1.27. The van der Waals surface area contributed by atoms with Crippen molar-refractivity contribution in [1.82, 2.24) is 9.97 Å². The molecule has 3 rings (SSSR count). The number of nitrogens with zero attached hydrogens (tertiary/aromatic N) is 2. The van der Waals surface area contributed by atoms with Crippen molar-refractivity contribution in [2.45, 2.75) is 11.1 Å². The fourth-order valence-electron chi connectivity index (χ4n) is 2.73. The van der Waals surface area contributed by atoms with Gasteiger partial charge in [0, 0.05) is 22.9 Å². The van der Waals surface area contributed by atoms with E-state index in [4.69, 9.17) is 5.73 Å². The Morgan fingerprint density at radius 1 is 1.12 bits per heavy atom. The van der Waals surface area contributed by atoms with Crippen LogP contribution >= 0.6 is 11.8 Å². The highest BCUT2D eigenvalue weighted by atomic mass is 32.2. The van der Waals surface area contributed by atoms with E-state index >= 15 is 0 Å². The number of rotatable bonds is 3. The maximum Gasteiger partial charge on any atom is 0.417 e. The predicted octanol–water partition coefficient (Wildman–Crippen LogP) is 4.66. The van der Waals surface area contributed by atoms with E-state index in [1.54, 1.807) is 37.6 Å². The van der Waals surface area contributed by atoms with Gasteiger partial charge in [-0.3, -0.25) is 0 Å². The average Bonchev–Trinajstić information content (AvgIpc) is 2.58. The third-order valence-electron chi connectivity index (χ3n) is 3.79. The summed E-state index contributed by atoms with van der Waals surface area (Å²) in [5.74, 6) is 0.589. The fraction of sp³-hybridized carbons (Fsp3) is 0.176. The molecule has 0 bridgehead atoms. The molecule has 3 N–H and O–H groups in total. The highest BCUT2D eigenvalue weighted by Crippen LogP contribution is 2.42. The fourth-order valence-corrected chi connectivity index (χ4v) is 3.38. The van der Waals surface area contributed by atoms with Gasteiger partial charge >= 0.3 is 6.18 Å². The molecule has 0 saturated carbocycles. The molecule has 1 aromatic heterocycles. The summed E-state index contributed by atoms with van der Waals surface area (Å²) in [6.07, 6.45) is -2.70. The quantitative estimate of drug-likeness (QED) is 0.662. The predicted molar refractivity (Wildman–Crippen MR) is 95.7 cm³/mol. The average molecular weight is 364 g/mol. The van der Waals surface area contributed by atoms with Gasteiger partial charge in [-0.1, -0.05) is 12.1 Å². The normalized spacial score (nSPS) is 11.7. The van der Waals surface area contributed by atoms with Crippen LogP contribution in [0.4, 0.5) is 24.9 Å². The summed E-state index contributed by atoms with van der Waals surface area (Å²) in [7, 11) is 1.69. The number of halogens is 3. The van der Waals surface area contributed by atoms with Crippen molar-refractivity contribution in [3.8, 4) is 11.1 Å². The van der Waals surface area contributed by atoms with E-state index < -0.39 is 11.7 Å². The molecule has 130 valence electrons. The van der Waals surface area contributed by atoms with E-state index in [9.17, 15) is 13.2 Å². The lowest BCUT2D eigenvalue weighted by atomic mass is 9.98. The third-order valence-corrected chi connectivity index (χ3v) is 4.57. The molecule has 4 nitrogen and oxygen atoms in total. The lowest BCUT2D eigenvalue weighted by Crippen LogP contribution is -2.08. The highest BCUT2D eigenvalue weighted by molar-refractivity contribution is 7.98.